The quantitative estimate of drug-likeness (QED) is 0.788. The van der Waals surface area contributed by atoms with E-state index in [9.17, 15) is 9.18 Å². The first kappa shape index (κ1) is 12.6. The molecule has 0 bridgehead atoms. The van der Waals surface area contributed by atoms with Crippen LogP contribution in [-0.4, -0.2) is 5.78 Å². The molecule has 3 heteroatoms. The van der Waals surface area contributed by atoms with Crippen molar-refractivity contribution in [1.82, 2.24) is 0 Å². The Bertz CT molecular complexity index is 411. The molecule has 1 nitrogen and oxygen atoms in total. The number of hydrogen-bond donors (Lipinski definition) is 0. The maximum Gasteiger partial charge on any atom is 0.136 e. The standard InChI is InChI=1S/C14H16ClFO/c15-12-6-7-13(16)11(9-12)5-8-14(17)10-3-1-2-4-10/h6-7,9-10H,1-5,8H2. The van der Waals surface area contributed by atoms with Crippen LogP contribution in [0.25, 0.3) is 0 Å². The average molecular weight is 255 g/mol. The van der Waals surface area contributed by atoms with Crippen LogP contribution in [-0.2, 0) is 11.2 Å². The fraction of sp³-hybridized carbons (Fsp3) is 0.500. The molecule has 0 spiro atoms. The number of halogens is 2. The zero-order valence-corrected chi connectivity index (χ0v) is 10.5. The molecule has 1 saturated carbocycles. The van der Waals surface area contributed by atoms with Gasteiger partial charge in [0, 0.05) is 17.4 Å². The van der Waals surface area contributed by atoms with Crippen LogP contribution in [0, 0.1) is 11.7 Å². The van der Waals surface area contributed by atoms with E-state index in [1.54, 1.807) is 6.07 Å². The molecule has 0 atom stereocenters. The summed E-state index contributed by atoms with van der Waals surface area (Å²) in [6.45, 7) is 0. The van der Waals surface area contributed by atoms with Gasteiger partial charge in [-0.3, -0.25) is 4.79 Å². The van der Waals surface area contributed by atoms with Crippen LogP contribution < -0.4 is 0 Å². The van der Waals surface area contributed by atoms with Crippen molar-refractivity contribution in [3.8, 4) is 0 Å². The van der Waals surface area contributed by atoms with E-state index in [0.29, 0.717) is 23.4 Å². The van der Waals surface area contributed by atoms with Crippen LogP contribution in [0.3, 0.4) is 0 Å². The number of benzene rings is 1. The van der Waals surface area contributed by atoms with E-state index >= 15 is 0 Å². The van der Waals surface area contributed by atoms with Gasteiger partial charge in [0.15, 0.2) is 0 Å². The first-order valence-corrected chi connectivity index (χ1v) is 6.51. The van der Waals surface area contributed by atoms with Crippen molar-refractivity contribution in [2.45, 2.75) is 38.5 Å². The molecule has 0 saturated heterocycles. The largest absolute Gasteiger partial charge is 0.299 e. The first-order chi connectivity index (χ1) is 8.16. The lowest BCUT2D eigenvalue weighted by molar-refractivity contribution is -0.122. The highest BCUT2D eigenvalue weighted by molar-refractivity contribution is 6.30. The SMILES string of the molecule is O=C(CCc1cc(Cl)ccc1F)C1CCCC1. The molecule has 92 valence electrons. The van der Waals surface area contributed by atoms with Crippen molar-refractivity contribution < 1.29 is 9.18 Å². The molecular weight excluding hydrogens is 239 g/mol. The number of ketones is 1. The third-order valence-electron chi connectivity index (χ3n) is 3.46. The van der Waals surface area contributed by atoms with Crippen molar-refractivity contribution >= 4 is 17.4 Å². The van der Waals surface area contributed by atoms with Crippen molar-refractivity contribution in [1.29, 1.82) is 0 Å². The van der Waals surface area contributed by atoms with Gasteiger partial charge in [0.25, 0.3) is 0 Å². The van der Waals surface area contributed by atoms with Gasteiger partial charge in [-0.1, -0.05) is 24.4 Å². The molecular formula is C14H16ClFO. The Morgan fingerprint density at radius 1 is 1.35 bits per heavy atom. The van der Waals surface area contributed by atoms with Gasteiger partial charge < -0.3 is 0 Å². The van der Waals surface area contributed by atoms with Gasteiger partial charge in [-0.2, -0.15) is 0 Å². The highest BCUT2D eigenvalue weighted by Gasteiger charge is 2.22. The Morgan fingerprint density at radius 3 is 2.76 bits per heavy atom. The smallest absolute Gasteiger partial charge is 0.136 e. The summed E-state index contributed by atoms with van der Waals surface area (Å²) in [6, 6.07) is 4.50. The molecule has 1 fully saturated rings. The van der Waals surface area contributed by atoms with Crippen molar-refractivity contribution in [2.75, 3.05) is 0 Å². The van der Waals surface area contributed by atoms with Gasteiger partial charge in [-0.15, -0.1) is 0 Å². The molecule has 0 unspecified atom stereocenters. The summed E-state index contributed by atoms with van der Waals surface area (Å²) in [6.07, 6.45) is 5.22. The Kier molecular flexibility index (Phi) is 4.16. The zero-order valence-electron chi connectivity index (χ0n) is 9.72. The van der Waals surface area contributed by atoms with Crippen LogP contribution in [0.1, 0.15) is 37.7 Å². The highest BCUT2D eigenvalue weighted by Crippen LogP contribution is 2.27. The number of Topliss-reactive ketones (excluding diaryl/α,β-unsaturated/α-hetero) is 1. The second-order valence-corrected chi connectivity index (χ2v) is 5.12. The van der Waals surface area contributed by atoms with Crippen LogP contribution in [0.4, 0.5) is 4.39 Å². The normalized spacial score (nSPS) is 16.4. The number of rotatable bonds is 4. The molecule has 0 amide bonds. The molecule has 0 heterocycles. The molecule has 1 aliphatic rings. The summed E-state index contributed by atoms with van der Waals surface area (Å²) in [7, 11) is 0. The maximum absolute atomic E-state index is 13.4. The number of carbonyl (C=O) groups is 1. The zero-order chi connectivity index (χ0) is 12.3. The molecule has 1 aromatic rings. The lowest BCUT2D eigenvalue weighted by atomic mass is 9.97. The van der Waals surface area contributed by atoms with E-state index in [-0.39, 0.29) is 17.5 Å². The fourth-order valence-electron chi connectivity index (χ4n) is 2.44. The number of hydrogen-bond acceptors (Lipinski definition) is 1. The number of aryl methyl sites for hydroxylation is 1. The summed E-state index contributed by atoms with van der Waals surface area (Å²) < 4.78 is 13.4. The van der Waals surface area contributed by atoms with E-state index in [1.807, 2.05) is 0 Å². The van der Waals surface area contributed by atoms with Gasteiger partial charge >= 0.3 is 0 Å². The van der Waals surface area contributed by atoms with E-state index in [4.69, 9.17) is 11.6 Å². The lowest BCUT2D eigenvalue weighted by Crippen LogP contribution is -2.11. The second-order valence-electron chi connectivity index (χ2n) is 4.68. The molecule has 0 N–H and O–H groups in total. The summed E-state index contributed by atoms with van der Waals surface area (Å²) in [4.78, 5) is 11.9. The predicted octanol–water partition coefficient (Wildman–Crippen LogP) is 4.17. The van der Waals surface area contributed by atoms with E-state index in [0.717, 1.165) is 25.7 Å². The van der Waals surface area contributed by atoms with E-state index in [1.165, 1.54) is 12.1 Å². The topological polar surface area (TPSA) is 17.1 Å². The predicted molar refractivity (Wildman–Crippen MR) is 66.7 cm³/mol. The Morgan fingerprint density at radius 2 is 2.06 bits per heavy atom. The Balaban J connectivity index is 1.92. The molecule has 1 aromatic carbocycles. The Labute approximate surface area is 106 Å². The minimum Gasteiger partial charge on any atom is -0.299 e. The van der Waals surface area contributed by atoms with Gasteiger partial charge in [0.1, 0.15) is 11.6 Å². The summed E-state index contributed by atoms with van der Waals surface area (Å²) in [5, 5.41) is 0.523. The van der Waals surface area contributed by atoms with Gasteiger partial charge in [-0.25, -0.2) is 4.39 Å². The molecule has 0 radical (unpaired) electrons. The third kappa shape index (κ3) is 3.29. The van der Waals surface area contributed by atoms with E-state index in [2.05, 4.69) is 0 Å². The second kappa shape index (κ2) is 5.63. The first-order valence-electron chi connectivity index (χ1n) is 6.13. The van der Waals surface area contributed by atoms with E-state index < -0.39 is 0 Å². The highest BCUT2D eigenvalue weighted by atomic mass is 35.5. The van der Waals surface area contributed by atoms with Gasteiger partial charge in [0.2, 0.25) is 0 Å². The van der Waals surface area contributed by atoms with Crippen LogP contribution in [0.15, 0.2) is 18.2 Å². The minimum atomic E-state index is -0.270. The summed E-state index contributed by atoms with van der Waals surface area (Å²) in [5.41, 5.74) is 0.545. The van der Waals surface area contributed by atoms with Crippen LogP contribution >= 0.6 is 11.6 Å². The monoisotopic (exact) mass is 254 g/mol. The average Bonchev–Trinajstić information content (AvgIpc) is 2.83. The lowest BCUT2D eigenvalue weighted by Gasteiger charge is -2.08. The third-order valence-corrected chi connectivity index (χ3v) is 3.69. The fourth-order valence-corrected chi connectivity index (χ4v) is 2.64. The van der Waals surface area contributed by atoms with Gasteiger partial charge in [-0.05, 0) is 43.0 Å². The van der Waals surface area contributed by atoms with Crippen LogP contribution in [0.5, 0.6) is 0 Å². The van der Waals surface area contributed by atoms with Crippen molar-refractivity contribution in [2.24, 2.45) is 5.92 Å². The minimum absolute atomic E-state index is 0.220. The van der Waals surface area contributed by atoms with Crippen molar-refractivity contribution in [3.05, 3.63) is 34.6 Å². The molecule has 0 aliphatic heterocycles. The van der Waals surface area contributed by atoms with Gasteiger partial charge in [0.05, 0.1) is 0 Å². The Hall–Kier alpha value is -0.890. The summed E-state index contributed by atoms with van der Waals surface area (Å²) >= 11 is 5.81. The maximum atomic E-state index is 13.4. The molecule has 2 rings (SSSR count). The molecule has 0 aromatic heterocycles. The summed E-state index contributed by atoms with van der Waals surface area (Å²) in [5.74, 6) is 0.229. The number of carbonyl (C=O) groups excluding carboxylic acids is 1. The van der Waals surface area contributed by atoms with Crippen molar-refractivity contribution in [3.63, 3.8) is 0 Å². The molecule has 17 heavy (non-hydrogen) atoms. The molecule has 1 aliphatic carbocycles. The van der Waals surface area contributed by atoms with Crippen LogP contribution in [0.2, 0.25) is 5.02 Å².